The maximum atomic E-state index is 12.4. The molecule has 1 N–H and O–H groups in total. The normalized spacial score (nSPS) is 10.0. The summed E-state index contributed by atoms with van der Waals surface area (Å²) in [5, 5.41) is 2.69. The number of amides is 2. The van der Waals surface area contributed by atoms with Crippen molar-refractivity contribution in [1.29, 1.82) is 0 Å². The number of para-hydroxylation sites is 3. The first kappa shape index (κ1) is 20.0. The Balaban J connectivity index is 2.10. The lowest BCUT2D eigenvalue weighted by Crippen LogP contribution is -2.32. The molecule has 0 heterocycles. The van der Waals surface area contributed by atoms with E-state index in [4.69, 9.17) is 9.47 Å². The number of anilines is 2. The molecule has 0 fully saturated rings. The average Bonchev–Trinajstić information content (AvgIpc) is 2.68. The van der Waals surface area contributed by atoms with E-state index < -0.39 is 5.97 Å². The predicted molar refractivity (Wildman–Crippen MR) is 102 cm³/mol. The maximum absolute atomic E-state index is 12.4. The summed E-state index contributed by atoms with van der Waals surface area (Å²) in [4.78, 5) is 37.7. The molecule has 0 saturated carbocycles. The summed E-state index contributed by atoms with van der Waals surface area (Å²) in [5.74, 6) is -0.524. The minimum atomic E-state index is -0.537. The first-order chi connectivity index (χ1) is 13.0. The topological polar surface area (TPSA) is 84.9 Å². The average molecular weight is 370 g/mol. The van der Waals surface area contributed by atoms with Crippen LogP contribution in [0.25, 0.3) is 0 Å². The second-order valence-electron chi connectivity index (χ2n) is 5.68. The van der Waals surface area contributed by atoms with Crippen LogP contribution in [0.4, 0.5) is 11.4 Å². The number of carbonyl (C=O) groups is 3. The van der Waals surface area contributed by atoms with Gasteiger partial charge in [0.25, 0.3) is 0 Å². The monoisotopic (exact) mass is 370 g/mol. The molecular formula is C20H22N2O5. The molecule has 0 aliphatic rings. The van der Waals surface area contributed by atoms with Gasteiger partial charge in [0.1, 0.15) is 5.75 Å². The van der Waals surface area contributed by atoms with Crippen LogP contribution < -0.4 is 15.0 Å². The van der Waals surface area contributed by atoms with Gasteiger partial charge in [-0.2, -0.15) is 0 Å². The highest BCUT2D eigenvalue weighted by Gasteiger charge is 2.18. The van der Waals surface area contributed by atoms with Crippen LogP contribution in [-0.4, -0.2) is 38.5 Å². The van der Waals surface area contributed by atoms with Gasteiger partial charge in [-0.3, -0.25) is 9.59 Å². The van der Waals surface area contributed by atoms with E-state index in [2.05, 4.69) is 5.32 Å². The van der Waals surface area contributed by atoms with Crippen LogP contribution >= 0.6 is 0 Å². The molecule has 142 valence electrons. The molecule has 7 nitrogen and oxygen atoms in total. The van der Waals surface area contributed by atoms with Crippen LogP contribution in [0, 0.1) is 0 Å². The molecule has 0 bridgehead atoms. The lowest BCUT2D eigenvalue weighted by atomic mass is 10.1. The summed E-state index contributed by atoms with van der Waals surface area (Å²) in [6.45, 7) is 1.60. The van der Waals surface area contributed by atoms with Crippen molar-refractivity contribution in [3.05, 3.63) is 54.1 Å². The van der Waals surface area contributed by atoms with Gasteiger partial charge in [0.2, 0.25) is 11.8 Å². The van der Waals surface area contributed by atoms with E-state index in [-0.39, 0.29) is 30.3 Å². The van der Waals surface area contributed by atoms with Crippen molar-refractivity contribution < 1.29 is 23.9 Å². The number of methoxy groups -OCH3 is 2. The zero-order valence-corrected chi connectivity index (χ0v) is 15.5. The Labute approximate surface area is 157 Å². The zero-order chi connectivity index (χ0) is 19.8. The molecule has 0 radical (unpaired) electrons. The van der Waals surface area contributed by atoms with Crippen LogP contribution in [0.15, 0.2) is 48.5 Å². The van der Waals surface area contributed by atoms with Crippen molar-refractivity contribution in [3.63, 3.8) is 0 Å². The Hall–Kier alpha value is -3.35. The van der Waals surface area contributed by atoms with Crippen molar-refractivity contribution in [2.75, 3.05) is 31.0 Å². The third kappa shape index (κ3) is 5.07. The van der Waals surface area contributed by atoms with E-state index in [1.165, 1.54) is 26.0 Å². The van der Waals surface area contributed by atoms with Crippen molar-refractivity contribution in [2.45, 2.75) is 13.3 Å². The van der Waals surface area contributed by atoms with Gasteiger partial charge in [0, 0.05) is 19.9 Å². The number of nitrogens with zero attached hydrogens (tertiary/aromatic N) is 1. The number of hydrogen-bond donors (Lipinski definition) is 1. The molecule has 0 aromatic heterocycles. The van der Waals surface area contributed by atoms with E-state index in [1.54, 1.807) is 48.5 Å². The summed E-state index contributed by atoms with van der Waals surface area (Å²) in [6, 6.07) is 13.7. The number of hydrogen-bond acceptors (Lipinski definition) is 5. The number of rotatable bonds is 7. The predicted octanol–water partition coefficient (Wildman–Crippen LogP) is 2.86. The van der Waals surface area contributed by atoms with Gasteiger partial charge in [-0.25, -0.2) is 4.79 Å². The quantitative estimate of drug-likeness (QED) is 0.758. The molecule has 0 saturated heterocycles. The summed E-state index contributed by atoms with van der Waals surface area (Å²) in [5.41, 5.74) is 1.22. The highest BCUT2D eigenvalue weighted by atomic mass is 16.5. The van der Waals surface area contributed by atoms with Crippen molar-refractivity contribution in [3.8, 4) is 5.75 Å². The van der Waals surface area contributed by atoms with Gasteiger partial charge in [0.05, 0.1) is 31.2 Å². The first-order valence-corrected chi connectivity index (χ1v) is 8.36. The molecule has 0 aliphatic heterocycles. The summed E-state index contributed by atoms with van der Waals surface area (Å²) in [6.07, 6.45) is 0.0487. The molecule has 2 rings (SSSR count). The number of benzene rings is 2. The number of ether oxygens (including phenoxy) is 2. The standard InChI is InChI=1S/C20H22N2O5/c1-14(23)22(17-10-6-7-11-18(17)26-2)13-12-19(24)21-16-9-5-4-8-15(16)20(25)27-3/h4-11H,12-13H2,1-3H3,(H,21,24). The van der Waals surface area contributed by atoms with Crippen LogP contribution in [0.1, 0.15) is 23.7 Å². The second-order valence-corrected chi connectivity index (χ2v) is 5.68. The summed E-state index contributed by atoms with van der Waals surface area (Å²) >= 11 is 0. The molecule has 0 unspecified atom stereocenters. The van der Waals surface area contributed by atoms with Gasteiger partial charge in [0.15, 0.2) is 0 Å². The molecule has 2 amide bonds. The molecule has 0 aliphatic carbocycles. The summed E-state index contributed by atoms with van der Waals surface area (Å²) < 4.78 is 10.0. The van der Waals surface area contributed by atoms with Crippen molar-refractivity contribution >= 4 is 29.2 Å². The minimum absolute atomic E-state index is 0.0487. The van der Waals surface area contributed by atoms with Gasteiger partial charge >= 0.3 is 5.97 Å². The van der Waals surface area contributed by atoms with Gasteiger partial charge in [-0.1, -0.05) is 24.3 Å². The first-order valence-electron chi connectivity index (χ1n) is 8.36. The van der Waals surface area contributed by atoms with E-state index >= 15 is 0 Å². The Kier molecular flexibility index (Phi) is 6.93. The SMILES string of the molecule is COC(=O)c1ccccc1NC(=O)CCN(C(C)=O)c1ccccc1OC. The van der Waals surface area contributed by atoms with Gasteiger partial charge in [-0.05, 0) is 24.3 Å². The molecule has 0 atom stereocenters. The fraction of sp³-hybridized carbons (Fsp3) is 0.250. The maximum Gasteiger partial charge on any atom is 0.339 e. The lowest BCUT2D eigenvalue weighted by molar-refractivity contribution is -0.117. The Bertz CT molecular complexity index is 835. The van der Waals surface area contributed by atoms with E-state index in [9.17, 15) is 14.4 Å². The van der Waals surface area contributed by atoms with Crippen LogP contribution in [0.2, 0.25) is 0 Å². The fourth-order valence-corrected chi connectivity index (χ4v) is 2.61. The molecule has 7 heteroatoms. The van der Waals surface area contributed by atoms with Crippen LogP contribution in [0.5, 0.6) is 5.75 Å². The van der Waals surface area contributed by atoms with E-state index in [0.29, 0.717) is 17.1 Å². The molecular weight excluding hydrogens is 348 g/mol. The van der Waals surface area contributed by atoms with Gasteiger partial charge < -0.3 is 19.7 Å². The molecule has 0 spiro atoms. The van der Waals surface area contributed by atoms with E-state index in [1.807, 2.05) is 0 Å². The van der Waals surface area contributed by atoms with Crippen LogP contribution in [-0.2, 0) is 14.3 Å². The molecule has 27 heavy (non-hydrogen) atoms. The largest absolute Gasteiger partial charge is 0.495 e. The molecule has 2 aromatic rings. The van der Waals surface area contributed by atoms with E-state index in [0.717, 1.165) is 0 Å². The minimum Gasteiger partial charge on any atom is -0.495 e. The Morgan fingerprint density at radius 1 is 1.00 bits per heavy atom. The van der Waals surface area contributed by atoms with Crippen molar-refractivity contribution in [2.24, 2.45) is 0 Å². The van der Waals surface area contributed by atoms with Gasteiger partial charge in [-0.15, -0.1) is 0 Å². The lowest BCUT2D eigenvalue weighted by Gasteiger charge is -2.23. The fourth-order valence-electron chi connectivity index (χ4n) is 2.61. The van der Waals surface area contributed by atoms with Crippen LogP contribution in [0.3, 0.4) is 0 Å². The van der Waals surface area contributed by atoms with Crippen molar-refractivity contribution in [1.82, 2.24) is 0 Å². The number of nitrogens with one attached hydrogen (secondary N) is 1. The second kappa shape index (κ2) is 9.38. The Morgan fingerprint density at radius 3 is 2.33 bits per heavy atom. The summed E-state index contributed by atoms with van der Waals surface area (Å²) in [7, 11) is 2.80. The molecule has 2 aromatic carbocycles. The smallest absolute Gasteiger partial charge is 0.339 e. The highest BCUT2D eigenvalue weighted by molar-refractivity contribution is 6.01. The third-order valence-electron chi connectivity index (χ3n) is 3.93. The zero-order valence-electron chi connectivity index (χ0n) is 15.5. The highest BCUT2D eigenvalue weighted by Crippen LogP contribution is 2.28. The number of carbonyl (C=O) groups excluding carboxylic acids is 3. The number of esters is 1. The third-order valence-corrected chi connectivity index (χ3v) is 3.93. The Morgan fingerprint density at radius 2 is 1.67 bits per heavy atom.